The second kappa shape index (κ2) is 11.1. The summed E-state index contributed by atoms with van der Waals surface area (Å²) >= 11 is 0. The van der Waals surface area contributed by atoms with E-state index in [1.807, 2.05) is 17.0 Å². The van der Waals surface area contributed by atoms with E-state index in [9.17, 15) is 9.18 Å². The summed E-state index contributed by atoms with van der Waals surface area (Å²) in [4.78, 5) is 14.8. The minimum Gasteiger partial charge on any atom is -0.388 e. The minimum absolute atomic E-state index is 0.0923. The number of allylic oxidation sites excluding steroid dienone is 1. The zero-order valence-electron chi connectivity index (χ0n) is 19.7. The van der Waals surface area contributed by atoms with E-state index in [4.69, 9.17) is 0 Å². The third kappa shape index (κ3) is 5.74. The quantitative estimate of drug-likeness (QED) is 0.421. The highest BCUT2D eigenvalue weighted by Crippen LogP contribution is 2.40. The van der Waals surface area contributed by atoms with Gasteiger partial charge < -0.3 is 10.2 Å². The first kappa shape index (κ1) is 23.7. The third-order valence-corrected chi connectivity index (χ3v) is 6.97. The molecule has 0 atom stereocenters. The van der Waals surface area contributed by atoms with Crippen LogP contribution >= 0.6 is 0 Å². The number of nitrogens with one attached hydrogen (secondary N) is 1. The van der Waals surface area contributed by atoms with Crippen molar-refractivity contribution in [3.05, 3.63) is 120 Å². The molecule has 1 fully saturated rings. The lowest BCUT2D eigenvalue weighted by molar-refractivity contribution is -0.131. The summed E-state index contributed by atoms with van der Waals surface area (Å²) < 4.78 is 13.2. The molecule has 0 aliphatic carbocycles. The van der Waals surface area contributed by atoms with Crippen LogP contribution in [0.15, 0.2) is 97.2 Å². The standard InChI is InChI=1S/C30H33FN2O/c1-24(32-20-8-11-25-9-4-2-5-10-25)30(27-12-6-3-7-13-27)18-21-33(22-19-30)29(34)23-26-14-16-28(31)17-15-26/h2-7,9-10,12-17,32H,1,8,11,18-23H2. The molecule has 1 saturated heterocycles. The van der Waals surface area contributed by atoms with Crippen LogP contribution in [0.1, 0.15) is 36.0 Å². The van der Waals surface area contributed by atoms with Crippen LogP contribution < -0.4 is 5.32 Å². The summed E-state index contributed by atoms with van der Waals surface area (Å²) in [6.45, 7) is 6.70. The Kier molecular flexibility index (Phi) is 7.79. The van der Waals surface area contributed by atoms with Crippen LogP contribution in [-0.2, 0) is 23.1 Å². The number of nitrogens with zero attached hydrogens (tertiary/aromatic N) is 1. The highest BCUT2D eigenvalue weighted by molar-refractivity contribution is 5.79. The molecule has 4 rings (SSSR count). The average Bonchev–Trinajstić information content (AvgIpc) is 2.89. The van der Waals surface area contributed by atoms with Crippen molar-refractivity contribution in [3.63, 3.8) is 0 Å². The molecule has 0 radical (unpaired) electrons. The summed E-state index contributed by atoms with van der Waals surface area (Å²) in [5.74, 6) is -0.189. The molecule has 34 heavy (non-hydrogen) atoms. The van der Waals surface area contributed by atoms with E-state index in [0.29, 0.717) is 19.5 Å². The topological polar surface area (TPSA) is 32.3 Å². The summed E-state index contributed by atoms with van der Waals surface area (Å²) in [7, 11) is 0. The molecule has 3 aromatic carbocycles. The van der Waals surface area contributed by atoms with Gasteiger partial charge in [-0.1, -0.05) is 79.4 Å². The Balaban J connectivity index is 1.38. The predicted molar refractivity (Wildman–Crippen MR) is 136 cm³/mol. The fraction of sp³-hybridized carbons (Fsp3) is 0.300. The lowest BCUT2D eigenvalue weighted by atomic mass is 9.70. The lowest BCUT2D eigenvalue weighted by Gasteiger charge is -2.44. The maximum Gasteiger partial charge on any atom is 0.226 e. The number of carbonyl (C=O) groups is 1. The summed E-state index contributed by atoms with van der Waals surface area (Å²) in [6, 6.07) is 27.3. The molecule has 0 unspecified atom stereocenters. The number of hydrogen-bond acceptors (Lipinski definition) is 2. The van der Waals surface area contributed by atoms with Gasteiger partial charge in [-0.05, 0) is 54.5 Å². The number of amides is 1. The van der Waals surface area contributed by atoms with E-state index in [1.165, 1.54) is 23.3 Å². The largest absolute Gasteiger partial charge is 0.388 e. The molecule has 4 heteroatoms. The third-order valence-electron chi connectivity index (χ3n) is 6.97. The van der Waals surface area contributed by atoms with Gasteiger partial charge in [0.05, 0.1) is 6.42 Å². The number of carbonyl (C=O) groups excluding carboxylic acids is 1. The van der Waals surface area contributed by atoms with Gasteiger partial charge >= 0.3 is 0 Å². The number of piperidine rings is 1. The second-order valence-electron chi connectivity index (χ2n) is 9.13. The highest BCUT2D eigenvalue weighted by Gasteiger charge is 2.39. The summed E-state index contributed by atoms with van der Waals surface area (Å²) in [5, 5.41) is 3.62. The van der Waals surface area contributed by atoms with Crippen molar-refractivity contribution in [2.45, 2.75) is 37.5 Å². The van der Waals surface area contributed by atoms with E-state index in [2.05, 4.69) is 60.4 Å². The Labute approximate surface area is 202 Å². The smallest absolute Gasteiger partial charge is 0.226 e. The number of benzene rings is 3. The Hall–Kier alpha value is -3.40. The van der Waals surface area contributed by atoms with Crippen molar-refractivity contribution in [2.24, 2.45) is 0 Å². The predicted octanol–water partition coefficient (Wildman–Crippen LogP) is 5.66. The monoisotopic (exact) mass is 456 g/mol. The summed E-state index contributed by atoms with van der Waals surface area (Å²) in [5.41, 5.74) is 4.29. The molecular weight excluding hydrogens is 423 g/mol. The summed E-state index contributed by atoms with van der Waals surface area (Å²) in [6.07, 6.45) is 4.03. The molecule has 1 amide bonds. The van der Waals surface area contributed by atoms with Gasteiger partial charge in [-0.25, -0.2) is 4.39 Å². The molecule has 176 valence electrons. The van der Waals surface area contributed by atoms with E-state index in [1.54, 1.807) is 12.1 Å². The van der Waals surface area contributed by atoms with Crippen LogP contribution in [-0.4, -0.2) is 30.4 Å². The molecule has 3 nitrogen and oxygen atoms in total. The van der Waals surface area contributed by atoms with Crippen molar-refractivity contribution in [1.29, 1.82) is 0 Å². The molecule has 1 heterocycles. The first-order chi connectivity index (χ1) is 16.6. The number of aryl methyl sites for hydroxylation is 1. The van der Waals surface area contributed by atoms with Gasteiger partial charge in [0.15, 0.2) is 0 Å². The normalized spacial score (nSPS) is 15.0. The van der Waals surface area contributed by atoms with Crippen LogP contribution in [0, 0.1) is 5.82 Å². The van der Waals surface area contributed by atoms with Gasteiger partial charge in [0.1, 0.15) is 5.82 Å². The average molecular weight is 457 g/mol. The fourth-order valence-corrected chi connectivity index (χ4v) is 4.89. The van der Waals surface area contributed by atoms with Crippen LogP contribution in [0.25, 0.3) is 0 Å². The molecule has 3 aromatic rings. The lowest BCUT2D eigenvalue weighted by Crippen LogP contribution is -2.48. The van der Waals surface area contributed by atoms with E-state index >= 15 is 0 Å². The van der Waals surface area contributed by atoms with Gasteiger partial charge in [0.2, 0.25) is 5.91 Å². The van der Waals surface area contributed by atoms with E-state index in [-0.39, 0.29) is 17.1 Å². The van der Waals surface area contributed by atoms with Gasteiger partial charge in [0.25, 0.3) is 0 Å². The zero-order valence-corrected chi connectivity index (χ0v) is 19.7. The van der Waals surface area contributed by atoms with Crippen LogP contribution in [0.3, 0.4) is 0 Å². The molecule has 1 aliphatic heterocycles. The Morgan fingerprint density at radius 3 is 2.15 bits per heavy atom. The SMILES string of the molecule is C=C(NCCCc1ccccc1)C1(c2ccccc2)CCN(C(=O)Cc2ccc(F)cc2)CC1. The minimum atomic E-state index is -0.281. The highest BCUT2D eigenvalue weighted by atomic mass is 19.1. The molecule has 0 saturated carbocycles. The van der Waals surface area contributed by atoms with Gasteiger partial charge in [-0.2, -0.15) is 0 Å². The number of rotatable bonds is 9. The van der Waals surface area contributed by atoms with Gasteiger partial charge in [-0.15, -0.1) is 0 Å². The zero-order chi connectivity index (χ0) is 23.8. The van der Waals surface area contributed by atoms with Crippen molar-refractivity contribution in [3.8, 4) is 0 Å². The number of likely N-dealkylation sites (tertiary alicyclic amines) is 1. The Morgan fingerprint density at radius 1 is 0.882 bits per heavy atom. The molecule has 0 spiro atoms. The molecule has 1 N–H and O–H groups in total. The number of hydrogen-bond donors (Lipinski definition) is 1. The molecule has 1 aliphatic rings. The van der Waals surface area contributed by atoms with Crippen molar-refractivity contribution < 1.29 is 9.18 Å². The maximum atomic E-state index is 13.2. The first-order valence-corrected chi connectivity index (χ1v) is 12.1. The second-order valence-corrected chi connectivity index (χ2v) is 9.13. The fourth-order valence-electron chi connectivity index (χ4n) is 4.89. The van der Waals surface area contributed by atoms with Gasteiger partial charge in [-0.3, -0.25) is 4.79 Å². The maximum absolute atomic E-state index is 13.2. The Morgan fingerprint density at radius 2 is 1.50 bits per heavy atom. The van der Waals surface area contributed by atoms with E-state index < -0.39 is 0 Å². The first-order valence-electron chi connectivity index (χ1n) is 12.1. The van der Waals surface area contributed by atoms with Crippen molar-refractivity contribution >= 4 is 5.91 Å². The van der Waals surface area contributed by atoms with E-state index in [0.717, 1.165) is 43.5 Å². The van der Waals surface area contributed by atoms with Crippen molar-refractivity contribution in [2.75, 3.05) is 19.6 Å². The van der Waals surface area contributed by atoms with Gasteiger partial charge in [0, 0.05) is 30.7 Å². The van der Waals surface area contributed by atoms with Crippen LogP contribution in [0.4, 0.5) is 4.39 Å². The molecular formula is C30H33FN2O. The molecule has 0 aromatic heterocycles. The van der Waals surface area contributed by atoms with Crippen LogP contribution in [0.5, 0.6) is 0 Å². The number of halogens is 1. The van der Waals surface area contributed by atoms with Crippen LogP contribution in [0.2, 0.25) is 0 Å². The molecule has 0 bridgehead atoms. The Bertz CT molecular complexity index is 1070. The van der Waals surface area contributed by atoms with Crippen molar-refractivity contribution in [1.82, 2.24) is 10.2 Å².